The molecule has 15 heavy (non-hydrogen) atoms. The lowest BCUT2D eigenvalue weighted by Gasteiger charge is -1.88. The van der Waals surface area contributed by atoms with Gasteiger partial charge in [0.1, 0.15) is 6.61 Å². The highest BCUT2D eigenvalue weighted by atomic mass is 127. The first kappa shape index (κ1) is 10.6. The molecule has 0 spiro atoms. The van der Waals surface area contributed by atoms with Crippen molar-refractivity contribution in [1.82, 2.24) is 20.3 Å². The van der Waals surface area contributed by atoms with Crippen LogP contribution in [0, 0.1) is 10.5 Å². The van der Waals surface area contributed by atoms with Crippen LogP contribution in [0.5, 0.6) is 0 Å². The number of hydrogen-bond acceptors (Lipinski definition) is 5. The third kappa shape index (κ3) is 2.02. The highest BCUT2D eigenvalue weighted by molar-refractivity contribution is 14.1. The summed E-state index contributed by atoms with van der Waals surface area (Å²) in [5, 5.41) is 10.7. The molecule has 6 nitrogen and oxygen atoms in total. The van der Waals surface area contributed by atoms with Crippen LogP contribution in [0.15, 0.2) is 4.52 Å². The van der Waals surface area contributed by atoms with Gasteiger partial charge in [-0.2, -0.15) is 10.1 Å². The molecule has 2 heterocycles. The van der Waals surface area contributed by atoms with Gasteiger partial charge in [-0.25, -0.2) is 0 Å². The van der Waals surface area contributed by atoms with E-state index in [1.54, 1.807) is 7.11 Å². The van der Waals surface area contributed by atoms with Gasteiger partial charge >= 0.3 is 0 Å². The van der Waals surface area contributed by atoms with Crippen molar-refractivity contribution in [2.24, 2.45) is 0 Å². The Labute approximate surface area is 99.5 Å². The van der Waals surface area contributed by atoms with Crippen LogP contribution < -0.4 is 0 Å². The minimum Gasteiger partial charge on any atom is -0.377 e. The Kier molecular flexibility index (Phi) is 3.00. The quantitative estimate of drug-likeness (QED) is 0.868. The number of methoxy groups -OCH3 is 1. The molecular formula is C8H9IN4O2. The molecule has 1 N–H and O–H groups in total. The molecule has 0 radical (unpaired) electrons. The van der Waals surface area contributed by atoms with Crippen LogP contribution >= 0.6 is 22.6 Å². The summed E-state index contributed by atoms with van der Waals surface area (Å²) in [6, 6.07) is 0. The van der Waals surface area contributed by atoms with E-state index in [1.807, 2.05) is 6.92 Å². The number of H-pyrrole nitrogens is 1. The first-order valence-corrected chi connectivity index (χ1v) is 5.32. The van der Waals surface area contributed by atoms with E-state index in [0.717, 1.165) is 9.26 Å². The van der Waals surface area contributed by atoms with Crippen molar-refractivity contribution in [1.29, 1.82) is 0 Å². The van der Waals surface area contributed by atoms with Gasteiger partial charge in [0, 0.05) is 12.8 Å². The summed E-state index contributed by atoms with van der Waals surface area (Å²) in [7, 11) is 1.58. The first-order valence-electron chi connectivity index (χ1n) is 4.24. The molecule has 0 saturated heterocycles. The summed E-state index contributed by atoms with van der Waals surface area (Å²) < 4.78 is 11.0. The summed E-state index contributed by atoms with van der Waals surface area (Å²) in [5.74, 6) is 0.930. The highest BCUT2D eigenvalue weighted by Gasteiger charge is 2.16. The maximum atomic E-state index is 5.07. The monoisotopic (exact) mass is 320 g/mol. The fourth-order valence-corrected chi connectivity index (χ4v) is 1.57. The fraction of sp³-hybridized carbons (Fsp3) is 0.375. The third-order valence-electron chi connectivity index (χ3n) is 1.82. The average molecular weight is 320 g/mol. The SMILES string of the molecule is COCc1noc(-c2n[nH]c(C)c2I)n1. The number of halogens is 1. The van der Waals surface area contributed by atoms with Crippen LogP contribution in [0.2, 0.25) is 0 Å². The van der Waals surface area contributed by atoms with Crippen LogP contribution in [0.1, 0.15) is 11.5 Å². The molecule has 0 fully saturated rings. The number of nitrogens with zero attached hydrogens (tertiary/aromatic N) is 3. The second kappa shape index (κ2) is 4.27. The summed E-state index contributed by atoms with van der Waals surface area (Å²) in [6.07, 6.45) is 0. The molecule has 0 bridgehead atoms. The van der Waals surface area contributed by atoms with E-state index in [2.05, 4.69) is 42.9 Å². The van der Waals surface area contributed by atoms with Crippen LogP contribution in [-0.4, -0.2) is 27.4 Å². The molecule has 2 aromatic rings. The van der Waals surface area contributed by atoms with E-state index in [-0.39, 0.29) is 0 Å². The number of nitrogens with one attached hydrogen (secondary N) is 1. The number of aryl methyl sites for hydroxylation is 1. The smallest absolute Gasteiger partial charge is 0.279 e. The molecule has 0 aromatic carbocycles. The Morgan fingerprint density at radius 3 is 2.93 bits per heavy atom. The lowest BCUT2D eigenvalue weighted by atomic mass is 10.4. The first-order chi connectivity index (χ1) is 7.22. The van der Waals surface area contributed by atoms with Gasteiger partial charge in [-0.1, -0.05) is 5.16 Å². The van der Waals surface area contributed by atoms with Gasteiger partial charge < -0.3 is 9.26 Å². The zero-order valence-electron chi connectivity index (χ0n) is 8.24. The molecule has 80 valence electrons. The number of rotatable bonds is 3. The lowest BCUT2D eigenvalue weighted by molar-refractivity contribution is 0.174. The highest BCUT2D eigenvalue weighted by Crippen LogP contribution is 2.23. The Morgan fingerprint density at radius 2 is 2.33 bits per heavy atom. The van der Waals surface area contributed by atoms with Crippen molar-refractivity contribution in [2.45, 2.75) is 13.5 Å². The van der Waals surface area contributed by atoms with Crippen molar-refractivity contribution in [3.05, 3.63) is 15.1 Å². The maximum Gasteiger partial charge on any atom is 0.279 e. The molecule has 7 heteroatoms. The van der Waals surface area contributed by atoms with Gasteiger partial charge in [-0.3, -0.25) is 5.10 Å². The Balaban J connectivity index is 2.33. The lowest BCUT2D eigenvalue weighted by Crippen LogP contribution is -1.89. The number of hydrogen-bond donors (Lipinski definition) is 1. The number of ether oxygens (including phenoxy) is 1. The third-order valence-corrected chi connectivity index (χ3v) is 3.14. The predicted octanol–water partition coefficient (Wildman–Crippen LogP) is 1.52. The average Bonchev–Trinajstić information content (AvgIpc) is 2.77. The van der Waals surface area contributed by atoms with E-state index in [4.69, 9.17) is 9.26 Å². The fourth-order valence-electron chi connectivity index (χ4n) is 1.10. The molecule has 2 rings (SSSR count). The van der Waals surface area contributed by atoms with Crippen LogP contribution in [0.3, 0.4) is 0 Å². The molecule has 0 unspecified atom stereocenters. The second-order valence-electron chi connectivity index (χ2n) is 2.96. The van der Waals surface area contributed by atoms with Gasteiger partial charge in [0.05, 0.1) is 3.57 Å². The molecule has 0 aliphatic carbocycles. The molecule has 0 aliphatic rings. The molecule has 0 amide bonds. The maximum absolute atomic E-state index is 5.07. The van der Waals surface area contributed by atoms with Gasteiger partial charge in [-0.05, 0) is 29.5 Å². The Morgan fingerprint density at radius 1 is 1.53 bits per heavy atom. The van der Waals surface area contributed by atoms with Gasteiger partial charge in [0.15, 0.2) is 11.5 Å². The van der Waals surface area contributed by atoms with E-state index in [1.165, 1.54) is 0 Å². The van der Waals surface area contributed by atoms with Crippen LogP contribution in [0.4, 0.5) is 0 Å². The second-order valence-corrected chi connectivity index (χ2v) is 4.04. The minimum absolute atomic E-state index is 0.337. The topological polar surface area (TPSA) is 76.8 Å². The van der Waals surface area contributed by atoms with Crippen molar-refractivity contribution in [3.8, 4) is 11.6 Å². The summed E-state index contributed by atoms with van der Waals surface area (Å²) in [5.41, 5.74) is 1.67. The number of aromatic nitrogens is 4. The van der Waals surface area contributed by atoms with Crippen LogP contribution in [-0.2, 0) is 11.3 Å². The molecule has 0 saturated carbocycles. The summed E-state index contributed by atoms with van der Waals surface area (Å²) >= 11 is 2.18. The molecule has 0 atom stereocenters. The zero-order chi connectivity index (χ0) is 10.8. The van der Waals surface area contributed by atoms with E-state index >= 15 is 0 Å². The van der Waals surface area contributed by atoms with E-state index in [0.29, 0.717) is 24.0 Å². The largest absolute Gasteiger partial charge is 0.377 e. The molecule has 0 aliphatic heterocycles. The summed E-state index contributed by atoms with van der Waals surface area (Å²) in [4.78, 5) is 4.15. The van der Waals surface area contributed by atoms with Crippen molar-refractivity contribution in [2.75, 3.05) is 7.11 Å². The standard InChI is InChI=1S/C8H9IN4O2/c1-4-6(9)7(12-11-4)8-10-5(3-14-2)13-15-8/h3H2,1-2H3,(H,11,12). The predicted molar refractivity (Wildman–Crippen MR) is 60.0 cm³/mol. The van der Waals surface area contributed by atoms with Crippen LogP contribution in [0.25, 0.3) is 11.6 Å². The van der Waals surface area contributed by atoms with E-state index in [9.17, 15) is 0 Å². The van der Waals surface area contributed by atoms with Crippen molar-refractivity contribution >= 4 is 22.6 Å². The Hall–Kier alpha value is -0.960. The van der Waals surface area contributed by atoms with Gasteiger partial charge in [0.25, 0.3) is 5.89 Å². The molecular weight excluding hydrogens is 311 g/mol. The Bertz CT molecular complexity index is 465. The van der Waals surface area contributed by atoms with Gasteiger partial charge in [-0.15, -0.1) is 0 Å². The minimum atomic E-state index is 0.337. The van der Waals surface area contributed by atoms with Crippen molar-refractivity contribution in [3.63, 3.8) is 0 Å². The normalized spacial score (nSPS) is 10.9. The zero-order valence-corrected chi connectivity index (χ0v) is 10.4. The van der Waals surface area contributed by atoms with Crippen molar-refractivity contribution < 1.29 is 9.26 Å². The van der Waals surface area contributed by atoms with E-state index < -0.39 is 0 Å². The molecule has 2 aromatic heterocycles. The van der Waals surface area contributed by atoms with Gasteiger partial charge in [0.2, 0.25) is 0 Å². The number of aromatic amines is 1. The summed E-state index contributed by atoms with van der Waals surface area (Å²) in [6.45, 7) is 2.27.